The van der Waals surface area contributed by atoms with E-state index in [0.717, 1.165) is 0 Å². The minimum atomic E-state index is 0.135. The molecule has 0 amide bonds. The van der Waals surface area contributed by atoms with Crippen LogP contribution in [0.3, 0.4) is 0 Å². The molecule has 0 atom stereocenters. The van der Waals surface area contributed by atoms with Gasteiger partial charge in [0.1, 0.15) is 22.8 Å². The first-order valence-corrected chi connectivity index (χ1v) is 4.14. The second-order valence-electron chi connectivity index (χ2n) is 2.97. The molecule has 16 heavy (non-hydrogen) atoms. The maximum absolute atomic E-state index is 8.91. The van der Waals surface area contributed by atoms with E-state index >= 15 is 0 Å². The quantitative estimate of drug-likeness (QED) is 0.273. The van der Waals surface area contributed by atoms with Gasteiger partial charge in [-0.15, -0.1) is 10.2 Å². The molecule has 0 saturated carbocycles. The van der Waals surface area contributed by atoms with Gasteiger partial charge in [-0.3, -0.25) is 10.2 Å². The van der Waals surface area contributed by atoms with Gasteiger partial charge in [0.25, 0.3) is 0 Å². The third-order valence-corrected chi connectivity index (χ3v) is 2.22. The number of hydrogen-bond acceptors (Lipinski definition) is 8. The van der Waals surface area contributed by atoms with Gasteiger partial charge in [0.2, 0.25) is 0 Å². The average Bonchev–Trinajstić information content (AvgIpc) is 2.93. The fourth-order valence-corrected chi connectivity index (χ4v) is 1.55. The van der Waals surface area contributed by atoms with Gasteiger partial charge in [0, 0.05) is 0 Å². The molecule has 1 aliphatic carbocycles. The lowest BCUT2D eigenvalue weighted by atomic mass is 9.98. The Hall–Kier alpha value is -2.78. The highest BCUT2D eigenvalue weighted by molar-refractivity contribution is 6.28. The highest BCUT2D eigenvalue weighted by atomic mass is 16.4. The summed E-state index contributed by atoms with van der Waals surface area (Å²) in [5.74, 6) is 0. The number of rotatable bonds is 0. The van der Waals surface area contributed by atoms with Gasteiger partial charge in [-0.05, 0) is 0 Å². The molecular weight excluding hydrogens is 216 g/mol. The molecule has 10 heteroatoms. The molecule has 0 bridgehead atoms. The summed E-state index contributed by atoms with van der Waals surface area (Å²) in [4.78, 5) is 0. The van der Waals surface area contributed by atoms with Crippen molar-refractivity contribution in [2.75, 3.05) is 0 Å². The highest BCUT2D eigenvalue weighted by Gasteiger charge is 2.34. The van der Waals surface area contributed by atoms with E-state index in [-0.39, 0.29) is 22.8 Å². The largest absolute Gasteiger partial charge is 0.410 e. The van der Waals surface area contributed by atoms with Crippen molar-refractivity contribution in [2.45, 2.75) is 0 Å². The van der Waals surface area contributed by atoms with Crippen LogP contribution in [0.4, 0.5) is 0 Å². The van der Waals surface area contributed by atoms with Gasteiger partial charge >= 0.3 is 0 Å². The maximum Gasteiger partial charge on any atom is 0.159 e. The predicted octanol–water partition coefficient (Wildman–Crippen LogP) is -1.31. The number of fused-ring (bicyclic) bond motifs is 2. The van der Waals surface area contributed by atoms with Crippen molar-refractivity contribution in [3.05, 3.63) is 22.8 Å². The first-order valence-electron chi connectivity index (χ1n) is 4.14. The fraction of sp³-hybridized carbons (Fsp3) is 0. The Balaban J connectivity index is 2.38. The minimum Gasteiger partial charge on any atom is -0.410 e. The van der Waals surface area contributed by atoms with E-state index in [1.807, 2.05) is 0 Å². The molecule has 0 spiro atoms. The maximum atomic E-state index is 8.91. The molecule has 10 nitrogen and oxygen atoms in total. The zero-order valence-electron chi connectivity index (χ0n) is 7.58. The summed E-state index contributed by atoms with van der Waals surface area (Å²) in [6.45, 7) is 0. The summed E-state index contributed by atoms with van der Waals surface area (Å²) >= 11 is 0. The molecule has 2 aromatic rings. The second kappa shape index (κ2) is 2.85. The van der Waals surface area contributed by atoms with Gasteiger partial charge in [-0.25, -0.2) is 0 Å². The molecule has 2 aromatic heterocycles. The summed E-state index contributed by atoms with van der Waals surface area (Å²) in [5, 5.41) is 43.6. The molecule has 0 aromatic carbocycles. The van der Waals surface area contributed by atoms with E-state index < -0.39 is 0 Å². The van der Waals surface area contributed by atoms with Crippen LogP contribution in [-0.2, 0) is 0 Å². The van der Waals surface area contributed by atoms with Crippen LogP contribution in [0.1, 0.15) is 22.8 Å². The summed E-state index contributed by atoms with van der Waals surface area (Å²) in [5.41, 5.74) is 1.42. The molecule has 0 radical (unpaired) electrons. The Labute approximate surface area is 86.7 Å². The molecule has 2 heterocycles. The van der Waals surface area contributed by atoms with E-state index in [0.29, 0.717) is 11.4 Å². The second-order valence-corrected chi connectivity index (χ2v) is 2.97. The van der Waals surface area contributed by atoms with Crippen molar-refractivity contribution in [3.8, 4) is 0 Å². The van der Waals surface area contributed by atoms with E-state index in [4.69, 9.17) is 10.4 Å². The summed E-state index contributed by atoms with van der Waals surface area (Å²) in [6.07, 6.45) is 0. The number of aromatic amines is 2. The van der Waals surface area contributed by atoms with E-state index in [1.54, 1.807) is 0 Å². The molecule has 0 unspecified atom stereocenters. The van der Waals surface area contributed by atoms with Crippen LogP contribution in [0, 0.1) is 0 Å². The zero-order valence-corrected chi connectivity index (χ0v) is 7.58. The van der Waals surface area contributed by atoms with Gasteiger partial charge < -0.3 is 10.4 Å². The van der Waals surface area contributed by atoms with Crippen LogP contribution in [-0.4, -0.2) is 52.7 Å². The predicted molar refractivity (Wildman–Crippen MR) is 47.6 cm³/mol. The number of hydrogen-bond donors (Lipinski definition) is 4. The van der Waals surface area contributed by atoms with E-state index in [2.05, 4.69) is 41.1 Å². The zero-order chi connectivity index (χ0) is 11.1. The molecule has 4 N–H and O–H groups in total. The first kappa shape index (κ1) is 8.52. The number of aromatic nitrogens is 6. The molecule has 80 valence electrons. The summed E-state index contributed by atoms with van der Waals surface area (Å²) in [7, 11) is 0. The Morgan fingerprint density at radius 3 is 1.62 bits per heavy atom. The molecule has 1 aliphatic rings. The third kappa shape index (κ3) is 0.846. The highest BCUT2D eigenvalue weighted by Crippen LogP contribution is 2.21. The van der Waals surface area contributed by atoms with Crippen molar-refractivity contribution in [1.29, 1.82) is 0 Å². The lowest BCUT2D eigenvalue weighted by Gasteiger charge is -2.09. The smallest absolute Gasteiger partial charge is 0.159 e. The van der Waals surface area contributed by atoms with E-state index in [1.165, 1.54) is 0 Å². The summed E-state index contributed by atoms with van der Waals surface area (Å²) in [6, 6.07) is 0. The molecule has 0 saturated heterocycles. The molecule has 3 rings (SSSR count). The van der Waals surface area contributed by atoms with Crippen molar-refractivity contribution >= 4 is 11.4 Å². The number of H-pyrrole nitrogens is 2. The van der Waals surface area contributed by atoms with Crippen LogP contribution < -0.4 is 0 Å². The lowest BCUT2D eigenvalue weighted by molar-refractivity contribution is 0.317. The van der Waals surface area contributed by atoms with Crippen molar-refractivity contribution in [1.82, 2.24) is 30.8 Å². The SMILES string of the molecule is O/N=C1/c2nn[nH]c2/C(=N/O)c2nn[nH]c21. The molecular formula is C6H4N8O2. The van der Waals surface area contributed by atoms with Crippen LogP contribution in [0.25, 0.3) is 0 Å². The lowest BCUT2D eigenvalue weighted by Crippen LogP contribution is -2.22. The Morgan fingerprint density at radius 1 is 0.812 bits per heavy atom. The third-order valence-electron chi connectivity index (χ3n) is 2.22. The molecule has 0 fully saturated rings. The first-order chi connectivity index (χ1) is 7.86. The van der Waals surface area contributed by atoms with Crippen molar-refractivity contribution in [3.63, 3.8) is 0 Å². The van der Waals surface area contributed by atoms with Crippen LogP contribution >= 0.6 is 0 Å². The number of nitrogens with zero attached hydrogens (tertiary/aromatic N) is 6. The average molecular weight is 220 g/mol. The van der Waals surface area contributed by atoms with Crippen molar-refractivity contribution < 1.29 is 10.4 Å². The number of nitrogens with one attached hydrogen (secondary N) is 2. The Bertz CT molecular complexity index is 512. The van der Waals surface area contributed by atoms with Crippen molar-refractivity contribution in [2.24, 2.45) is 10.3 Å². The van der Waals surface area contributed by atoms with Gasteiger partial charge in [0.05, 0.1) is 0 Å². The standard InChI is InChI=1S/C6H4N8O2/c15-11-5-1-2(8-13-7-1)6(12-16)4-3(5)9-14-10-4/h15-16H,(H,7,8,13)(H,9,10,14)/b11-5-,12-6-. The van der Waals surface area contributed by atoms with E-state index in [9.17, 15) is 0 Å². The van der Waals surface area contributed by atoms with Crippen LogP contribution in [0.15, 0.2) is 10.3 Å². The van der Waals surface area contributed by atoms with Gasteiger partial charge in [-0.1, -0.05) is 20.7 Å². The minimum absolute atomic E-state index is 0.135. The van der Waals surface area contributed by atoms with Crippen LogP contribution in [0.2, 0.25) is 0 Å². The Kier molecular flexibility index (Phi) is 1.52. The monoisotopic (exact) mass is 220 g/mol. The Morgan fingerprint density at radius 2 is 1.25 bits per heavy atom. The number of oxime groups is 2. The fourth-order valence-electron chi connectivity index (χ4n) is 1.55. The van der Waals surface area contributed by atoms with Crippen LogP contribution in [0.5, 0.6) is 0 Å². The topological polar surface area (TPSA) is 148 Å². The summed E-state index contributed by atoms with van der Waals surface area (Å²) < 4.78 is 0. The normalized spacial score (nSPS) is 18.8. The van der Waals surface area contributed by atoms with Gasteiger partial charge in [0.15, 0.2) is 11.4 Å². The van der Waals surface area contributed by atoms with Gasteiger partial charge in [-0.2, -0.15) is 0 Å². The molecule has 0 aliphatic heterocycles.